The van der Waals surface area contributed by atoms with Crippen molar-refractivity contribution < 1.29 is 13.9 Å². The van der Waals surface area contributed by atoms with Gasteiger partial charge in [-0.3, -0.25) is 5.32 Å². The zero-order chi connectivity index (χ0) is 18.1. The van der Waals surface area contributed by atoms with E-state index in [1.54, 1.807) is 11.6 Å². The molecule has 5 rings (SSSR count). The Morgan fingerprint density at radius 1 is 1.38 bits per heavy atom. The Morgan fingerprint density at radius 2 is 2.19 bits per heavy atom. The van der Waals surface area contributed by atoms with Crippen LogP contribution in [0.4, 0.5) is 15.0 Å². The van der Waals surface area contributed by atoms with Gasteiger partial charge in [-0.05, 0) is 55.6 Å². The fraction of sp³-hybridized carbons (Fsp3) is 0.444. The van der Waals surface area contributed by atoms with Gasteiger partial charge in [0.25, 0.3) is 0 Å². The smallest absolute Gasteiger partial charge is 0.412 e. The number of carbonyl (C=O) groups excluding carboxylic acids is 1. The van der Waals surface area contributed by atoms with Crippen LogP contribution in [0, 0.1) is 17.7 Å². The van der Waals surface area contributed by atoms with E-state index in [-0.39, 0.29) is 0 Å². The van der Waals surface area contributed by atoms with Crippen LogP contribution in [0.1, 0.15) is 12.8 Å². The molecule has 3 saturated heterocycles. The lowest BCUT2D eigenvalue weighted by Crippen LogP contribution is -2.49. The first-order valence-corrected chi connectivity index (χ1v) is 9.90. The molecule has 138 valence electrons. The molecule has 1 aromatic carbocycles. The molecule has 2 bridgehead atoms. The van der Waals surface area contributed by atoms with Crippen LogP contribution in [0.25, 0.3) is 10.4 Å². The average Bonchev–Trinajstić information content (AvgIpc) is 3.08. The van der Waals surface area contributed by atoms with Crippen molar-refractivity contribution in [1.82, 2.24) is 9.88 Å². The van der Waals surface area contributed by atoms with Crippen molar-refractivity contribution >= 4 is 34.8 Å². The van der Waals surface area contributed by atoms with E-state index in [1.165, 1.54) is 36.3 Å². The lowest BCUT2D eigenvalue weighted by molar-refractivity contribution is 0.0151. The van der Waals surface area contributed by atoms with Crippen LogP contribution in [0.3, 0.4) is 0 Å². The Kier molecular flexibility index (Phi) is 5.11. The van der Waals surface area contributed by atoms with Gasteiger partial charge in [-0.2, -0.15) is 0 Å². The Labute approximate surface area is 160 Å². The van der Waals surface area contributed by atoms with Gasteiger partial charge in [-0.1, -0.05) is 11.6 Å². The molecule has 1 unspecified atom stereocenters. The number of ether oxygens (including phenoxy) is 1. The first-order chi connectivity index (χ1) is 12.6. The summed E-state index contributed by atoms with van der Waals surface area (Å²) in [6.45, 7) is 3.73. The lowest BCUT2D eigenvalue weighted by Gasteiger charge is -2.44. The van der Waals surface area contributed by atoms with Crippen LogP contribution in [-0.4, -0.2) is 42.2 Å². The molecule has 0 radical (unpaired) electrons. The molecule has 1 atom stereocenters. The van der Waals surface area contributed by atoms with Crippen LogP contribution >= 0.6 is 22.9 Å². The van der Waals surface area contributed by atoms with Crippen molar-refractivity contribution in [2.45, 2.75) is 12.8 Å². The van der Waals surface area contributed by atoms with E-state index < -0.39 is 11.9 Å². The second-order valence-electron chi connectivity index (χ2n) is 6.81. The molecule has 8 heteroatoms. The molecule has 0 spiro atoms. The van der Waals surface area contributed by atoms with Crippen LogP contribution in [-0.2, 0) is 4.74 Å². The number of piperidine rings is 3. The third-order valence-corrected chi connectivity index (χ3v) is 6.23. The number of fused-ring (bicyclic) bond motifs is 3. The van der Waals surface area contributed by atoms with Gasteiger partial charge >= 0.3 is 6.09 Å². The molecule has 0 aliphatic carbocycles. The number of nitrogens with one attached hydrogen (secondary N) is 1. The van der Waals surface area contributed by atoms with Crippen molar-refractivity contribution in [3.05, 3.63) is 34.5 Å². The number of anilines is 1. The minimum absolute atomic E-state index is 0.296. The fourth-order valence-electron chi connectivity index (χ4n) is 3.82. The van der Waals surface area contributed by atoms with Crippen LogP contribution in [0.5, 0.6) is 0 Å². The molecule has 2 aromatic rings. The molecular weight excluding hydrogens is 377 g/mol. The van der Waals surface area contributed by atoms with Crippen LogP contribution in [0.2, 0.25) is 5.02 Å². The predicted molar refractivity (Wildman–Crippen MR) is 100 cm³/mol. The maximum atomic E-state index is 13.6. The zero-order valence-electron chi connectivity index (χ0n) is 14.1. The summed E-state index contributed by atoms with van der Waals surface area (Å²) in [7, 11) is 0. The van der Waals surface area contributed by atoms with Crippen molar-refractivity contribution in [3.8, 4) is 10.4 Å². The number of hydrogen-bond acceptors (Lipinski definition) is 5. The number of thiazole rings is 1. The summed E-state index contributed by atoms with van der Waals surface area (Å²) in [4.78, 5) is 19.4. The lowest BCUT2D eigenvalue weighted by atomic mass is 9.79. The van der Waals surface area contributed by atoms with E-state index in [0.717, 1.165) is 19.6 Å². The van der Waals surface area contributed by atoms with E-state index in [0.29, 0.717) is 39.7 Å². The number of rotatable bonds is 4. The molecule has 26 heavy (non-hydrogen) atoms. The molecule has 0 saturated carbocycles. The fourth-order valence-corrected chi connectivity index (χ4v) is 4.77. The van der Waals surface area contributed by atoms with E-state index in [9.17, 15) is 9.18 Å². The summed E-state index contributed by atoms with van der Waals surface area (Å²) in [5.41, 5.74) is 2.17. The summed E-state index contributed by atoms with van der Waals surface area (Å²) in [5, 5.41) is 2.97. The van der Waals surface area contributed by atoms with Gasteiger partial charge in [0, 0.05) is 17.5 Å². The Balaban J connectivity index is 1.39. The topological polar surface area (TPSA) is 54.5 Å². The second kappa shape index (κ2) is 7.50. The Bertz CT molecular complexity index is 787. The molecule has 1 aromatic heterocycles. The van der Waals surface area contributed by atoms with Crippen LogP contribution in [0.15, 0.2) is 23.7 Å². The van der Waals surface area contributed by atoms with E-state index in [4.69, 9.17) is 16.3 Å². The third kappa shape index (κ3) is 3.84. The van der Waals surface area contributed by atoms with Gasteiger partial charge in [0.15, 0.2) is 5.82 Å². The van der Waals surface area contributed by atoms with E-state index in [2.05, 4.69) is 15.2 Å². The molecule has 4 heterocycles. The number of carbonyl (C=O) groups is 1. The van der Waals surface area contributed by atoms with E-state index >= 15 is 0 Å². The highest BCUT2D eigenvalue weighted by atomic mass is 35.5. The highest BCUT2D eigenvalue weighted by molar-refractivity contribution is 7.13. The zero-order valence-corrected chi connectivity index (χ0v) is 15.7. The number of nitrogens with zero attached hydrogens (tertiary/aromatic N) is 2. The average molecular weight is 396 g/mol. The molecule has 1 N–H and O–H groups in total. The van der Waals surface area contributed by atoms with Gasteiger partial charge in [0.2, 0.25) is 0 Å². The standard InChI is InChI=1S/C18H19ClFN3O2S/c19-14-5-12(6-15(20)7-14)16-17(21-10-26-16)22-18(24)25-9-13-8-23-3-1-11(13)2-4-23/h5-7,10-11,13H,1-4,8-9H2,(H,22,24). The number of hydrogen-bond donors (Lipinski definition) is 1. The van der Waals surface area contributed by atoms with Gasteiger partial charge in [-0.25, -0.2) is 14.2 Å². The number of amides is 1. The molecule has 5 nitrogen and oxygen atoms in total. The molecule has 1 amide bonds. The molecular formula is C18H19ClFN3O2S. The van der Waals surface area contributed by atoms with Crippen molar-refractivity contribution in [2.75, 3.05) is 31.6 Å². The SMILES string of the molecule is O=C(Nc1ncsc1-c1cc(F)cc(Cl)c1)OCC1CN2CCC1CC2. The summed E-state index contributed by atoms with van der Waals surface area (Å²) in [6, 6.07) is 4.24. The number of halogens is 2. The number of aromatic nitrogens is 1. The van der Waals surface area contributed by atoms with Gasteiger partial charge in [0.1, 0.15) is 5.82 Å². The Hall–Kier alpha value is -1.70. The highest BCUT2D eigenvalue weighted by Crippen LogP contribution is 2.34. The third-order valence-electron chi connectivity index (χ3n) is 5.13. The highest BCUT2D eigenvalue weighted by Gasteiger charge is 2.34. The minimum atomic E-state index is -0.531. The van der Waals surface area contributed by atoms with Gasteiger partial charge in [-0.15, -0.1) is 11.3 Å². The quantitative estimate of drug-likeness (QED) is 0.828. The monoisotopic (exact) mass is 395 g/mol. The Morgan fingerprint density at radius 3 is 2.88 bits per heavy atom. The summed E-state index contributed by atoms with van der Waals surface area (Å²) >= 11 is 7.22. The maximum Gasteiger partial charge on any atom is 0.412 e. The summed E-state index contributed by atoms with van der Waals surface area (Å²) < 4.78 is 19.0. The van der Waals surface area contributed by atoms with Crippen molar-refractivity contribution in [2.24, 2.45) is 11.8 Å². The van der Waals surface area contributed by atoms with Crippen molar-refractivity contribution in [3.63, 3.8) is 0 Å². The number of benzene rings is 1. The van der Waals surface area contributed by atoms with Gasteiger partial charge in [0.05, 0.1) is 17.0 Å². The predicted octanol–water partition coefficient (Wildman–Crippen LogP) is 4.49. The van der Waals surface area contributed by atoms with E-state index in [1.807, 2.05) is 0 Å². The maximum absolute atomic E-state index is 13.6. The largest absolute Gasteiger partial charge is 0.449 e. The second-order valence-corrected chi connectivity index (χ2v) is 8.10. The molecule has 3 fully saturated rings. The minimum Gasteiger partial charge on any atom is -0.449 e. The first-order valence-electron chi connectivity index (χ1n) is 8.64. The van der Waals surface area contributed by atoms with Gasteiger partial charge < -0.3 is 9.64 Å². The van der Waals surface area contributed by atoms with Crippen molar-refractivity contribution in [1.29, 1.82) is 0 Å². The normalized spacial score (nSPS) is 24.5. The van der Waals surface area contributed by atoms with Crippen LogP contribution < -0.4 is 5.32 Å². The summed E-state index contributed by atoms with van der Waals surface area (Å²) in [5.74, 6) is 0.976. The summed E-state index contributed by atoms with van der Waals surface area (Å²) in [6.07, 6.45) is 1.84. The molecule has 3 aliphatic rings. The molecule has 3 aliphatic heterocycles. The first kappa shape index (κ1) is 17.7.